The lowest BCUT2D eigenvalue weighted by Crippen LogP contribution is -2.45. The van der Waals surface area contributed by atoms with Crippen LogP contribution in [-0.4, -0.2) is 102 Å². The van der Waals surface area contributed by atoms with Gasteiger partial charge in [-0.2, -0.15) is 19.6 Å². The largest absolute Gasteiger partial charge is 0.497 e. The van der Waals surface area contributed by atoms with Crippen molar-refractivity contribution in [1.82, 2.24) is 39.0 Å². The topological polar surface area (TPSA) is 111 Å². The van der Waals surface area contributed by atoms with Crippen molar-refractivity contribution in [1.29, 1.82) is 0 Å². The summed E-state index contributed by atoms with van der Waals surface area (Å²) in [5.74, 6) is 3.74. The highest BCUT2D eigenvalue weighted by Gasteiger charge is 2.26. The van der Waals surface area contributed by atoms with Crippen LogP contribution in [0.15, 0.2) is 60.2 Å². The first-order valence-electron chi connectivity index (χ1n) is 17.0. The molecule has 5 heterocycles. The average molecular weight is 713 g/mol. The predicted octanol–water partition coefficient (Wildman–Crippen LogP) is 5.03. The van der Waals surface area contributed by atoms with Crippen molar-refractivity contribution in [2.45, 2.75) is 39.0 Å². The molecule has 15 heteroatoms. The quantitative estimate of drug-likeness (QED) is 0.112. The van der Waals surface area contributed by atoms with Crippen molar-refractivity contribution in [2.75, 3.05) is 63.9 Å². The minimum absolute atomic E-state index is 0.366. The van der Waals surface area contributed by atoms with E-state index in [1.54, 1.807) is 25.6 Å². The van der Waals surface area contributed by atoms with E-state index < -0.39 is 8.80 Å². The number of hydrogen-bond acceptors (Lipinski definition) is 12. The summed E-state index contributed by atoms with van der Waals surface area (Å²) in [6, 6.07) is 15.2. The third-order valence-corrected chi connectivity index (χ3v) is 11.2. The number of para-hydroxylation sites is 1. The number of anilines is 2. The molecular weight excluding hydrogens is 669 g/mol. The molecule has 50 heavy (non-hydrogen) atoms. The molecular formula is C35H44N10O3SSi. The number of imidazole rings is 1. The lowest BCUT2D eigenvalue weighted by atomic mass is 10.2. The zero-order valence-electron chi connectivity index (χ0n) is 29.3. The van der Waals surface area contributed by atoms with Gasteiger partial charge in [-0.1, -0.05) is 31.3 Å². The Morgan fingerprint density at radius 2 is 1.76 bits per heavy atom. The number of piperazine rings is 1. The van der Waals surface area contributed by atoms with E-state index in [4.69, 9.17) is 34.3 Å². The normalized spacial score (nSPS) is 13.9. The number of methoxy groups -OCH3 is 2. The minimum Gasteiger partial charge on any atom is -0.497 e. The van der Waals surface area contributed by atoms with Gasteiger partial charge in [0.05, 0.1) is 38.0 Å². The Bertz CT molecular complexity index is 2020. The van der Waals surface area contributed by atoms with Gasteiger partial charge in [0.1, 0.15) is 34.6 Å². The maximum absolute atomic E-state index is 6.30. The fourth-order valence-electron chi connectivity index (χ4n) is 6.13. The smallest absolute Gasteiger partial charge is 0.232 e. The van der Waals surface area contributed by atoms with E-state index in [2.05, 4.69) is 56.5 Å². The SMILES string of the molecule is COc1ccc(CN(Cc2nc3cccc(OC)c3n2COCC[SiH](C)C)c2nc(N3CCN(C)CC3)nc3c(-c4nccs4)cnn23)cc1. The standard InChI is InChI=1S/C35H44N10O3SSi/c1-41-14-16-42(17-15-41)34-39-32-27(33-36-13-19-49-33)21-37-45(32)35(40-34)43(22-25-9-11-26(46-2)12-10-25)23-30-38-28-7-6-8-29(47-3)31(28)44(30)24-48-18-20-50(4)5/h6-13,19,21,50H,14-18,20,22-24H2,1-5H3. The van der Waals surface area contributed by atoms with Crippen LogP contribution in [-0.2, 0) is 24.6 Å². The number of aromatic nitrogens is 7. The second kappa shape index (κ2) is 15.1. The van der Waals surface area contributed by atoms with Crippen LogP contribution >= 0.6 is 11.3 Å². The number of hydrogen-bond donors (Lipinski definition) is 0. The van der Waals surface area contributed by atoms with E-state index in [-0.39, 0.29) is 0 Å². The molecule has 2 aromatic carbocycles. The Labute approximate surface area is 297 Å². The van der Waals surface area contributed by atoms with E-state index in [1.165, 1.54) is 0 Å². The Hall–Kier alpha value is -4.57. The van der Waals surface area contributed by atoms with Crippen LogP contribution < -0.4 is 19.3 Å². The molecule has 13 nitrogen and oxygen atoms in total. The van der Waals surface area contributed by atoms with Gasteiger partial charge in [0.2, 0.25) is 11.9 Å². The molecule has 6 aromatic rings. The highest BCUT2D eigenvalue weighted by atomic mass is 32.1. The summed E-state index contributed by atoms with van der Waals surface area (Å²) in [6.45, 7) is 10.2. The van der Waals surface area contributed by atoms with Gasteiger partial charge >= 0.3 is 0 Å². The fourth-order valence-corrected chi connectivity index (χ4v) is 7.41. The summed E-state index contributed by atoms with van der Waals surface area (Å²) in [6.07, 6.45) is 3.66. The summed E-state index contributed by atoms with van der Waals surface area (Å²) < 4.78 is 21.6. The number of ether oxygens (including phenoxy) is 3. The third kappa shape index (κ3) is 7.17. The highest BCUT2D eigenvalue weighted by Crippen LogP contribution is 2.32. The van der Waals surface area contributed by atoms with Crippen molar-refractivity contribution in [3.05, 3.63) is 71.6 Å². The van der Waals surface area contributed by atoms with Crippen LogP contribution in [0, 0.1) is 0 Å². The zero-order chi connectivity index (χ0) is 34.6. The summed E-state index contributed by atoms with van der Waals surface area (Å²) in [7, 11) is 4.77. The predicted molar refractivity (Wildman–Crippen MR) is 200 cm³/mol. The van der Waals surface area contributed by atoms with E-state index in [0.29, 0.717) is 38.3 Å². The van der Waals surface area contributed by atoms with Gasteiger partial charge in [0, 0.05) is 59.7 Å². The lowest BCUT2D eigenvalue weighted by Gasteiger charge is -2.33. The van der Waals surface area contributed by atoms with Crippen LogP contribution in [0.25, 0.3) is 27.3 Å². The van der Waals surface area contributed by atoms with Gasteiger partial charge in [-0.05, 0) is 42.9 Å². The lowest BCUT2D eigenvalue weighted by molar-refractivity contribution is 0.0879. The molecule has 1 aliphatic rings. The highest BCUT2D eigenvalue weighted by molar-refractivity contribution is 7.13. The molecule has 262 valence electrons. The molecule has 0 radical (unpaired) electrons. The van der Waals surface area contributed by atoms with Gasteiger partial charge in [-0.25, -0.2) is 9.97 Å². The van der Waals surface area contributed by atoms with Gasteiger partial charge < -0.3 is 28.9 Å². The maximum atomic E-state index is 6.30. The monoisotopic (exact) mass is 712 g/mol. The Morgan fingerprint density at radius 3 is 2.48 bits per heavy atom. The number of fused-ring (bicyclic) bond motifs is 2. The minimum atomic E-state index is -0.757. The molecule has 1 aliphatic heterocycles. The molecule has 7 rings (SSSR count). The van der Waals surface area contributed by atoms with Gasteiger partial charge in [-0.3, -0.25) is 4.57 Å². The Balaban J connectivity index is 1.36. The van der Waals surface area contributed by atoms with Crippen molar-refractivity contribution in [3.8, 4) is 22.1 Å². The number of benzene rings is 2. The number of nitrogens with zero attached hydrogens (tertiary/aromatic N) is 10. The van der Waals surface area contributed by atoms with Gasteiger partial charge in [0.15, 0.2) is 5.65 Å². The molecule has 0 unspecified atom stereocenters. The zero-order valence-corrected chi connectivity index (χ0v) is 31.3. The van der Waals surface area contributed by atoms with Crippen molar-refractivity contribution < 1.29 is 14.2 Å². The second-order valence-electron chi connectivity index (χ2n) is 13.0. The molecule has 0 aliphatic carbocycles. The Morgan fingerprint density at radius 1 is 0.940 bits per heavy atom. The van der Waals surface area contributed by atoms with Crippen LogP contribution in [0.2, 0.25) is 19.1 Å². The molecule has 0 bridgehead atoms. The van der Waals surface area contributed by atoms with Gasteiger partial charge in [0.25, 0.3) is 0 Å². The summed E-state index contributed by atoms with van der Waals surface area (Å²) in [4.78, 5) is 27.0. The first-order chi connectivity index (χ1) is 24.4. The van der Waals surface area contributed by atoms with Crippen LogP contribution in [0.4, 0.5) is 11.9 Å². The fraction of sp³-hybridized carbons (Fsp3) is 0.400. The van der Waals surface area contributed by atoms with Crippen molar-refractivity contribution >= 4 is 48.7 Å². The molecule has 4 aromatic heterocycles. The molecule has 0 N–H and O–H groups in total. The first-order valence-corrected chi connectivity index (χ1v) is 21.0. The molecule has 0 spiro atoms. The number of rotatable bonds is 14. The maximum Gasteiger partial charge on any atom is 0.232 e. The van der Waals surface area contributed by atoms with E-state index >= 15 is 0 Å². The second-order valence-corrected chi connectivity index (χ2v) is 17.2. The number of thiazole rings is 1. The average Bonchev–Trinajstić information content (AvgIpc) is 3.89. The Kier molecular flexibility index (Phi) is 10.3. The summed E-state index contributed by atoms with van der Waals surface area (Å²) in [5.41, 5.74) is 4.44. The molecule has 0 atom stereocenters. The van der Waals surface area contributed by atoms with Crippen LogP contribution in [0.1, 0.15) is 11.4 Å². The third-order valence-electron chi connectivity index (χ3n) is 9.02. The van der Waals surface area contributed by atoms with Gasteiger partial charge in [-0.15, -0.1) is 11.3 Å². The van der Waals surface area contributed by atoms with E-state index in [1.807, 2.05) is 52.6 Å². The number of likely N-dealkylation sites (N-methyl/N-ethyl adjacent to an activating group) is 1. The first kappa shape index (κ1) is 33.9. The van der Waals surface area contributed by atoms with Crippen LogP contribution in [0.5, 0.6) is 11.5 Å². The molecule has 1 fully saturated rings. The summed E-state index contributed by atoms with van der Waals surface area (Å²) >= 11 is 1.57. The van der Waals surface area contributed by atoms with Crippen LogP contribution in [0.3, 0.4) is 0 Å². The van der Waals surface area contributed by atoms with E-state index in [9.17, 15) is 0 Å². The molecule has 0 amide bonds. The van der Waals surface area contributed by atoms with Crippen molar-refractivity contribution in [2.24, 2.45) is 0 Å². The molecule has 0 saturated carbocycles. The molecule has 1 saturated heterocycles. The summed E-state index contributed by atoms with van der Waals surface area (Å²) in [5, 5.41) is 7.72. The van der Waals surface area contributed by atoms with E-state index in [0.717, 1.165) is 82.4 Å². The van der Waals surface area contributed by atoms with Crippen molar-refractivity contribution in [3.63, 3.8) is 0 Å².